The monoisotopic (exact) mass is 738 g/mol. The zero-order valence-electron chi connectivity index (χ0n) is 30.7. The first-order valence-electron chi connectivity index (χ1n) is 19.6. The minimum atomic E-state index is -1.37. The molecule has 2 heterocycles. The number of fused-ring (bicyclic) bond motifs is 1. The second kappa shape index (κ2) is 15.5. The molecule has 4 saturated carbocycles. The topological polar surface area (TPSA) is 105 Å². The van der Waals surface area contributed by atoms with Crippen LogP contribution in [0.5, 0.6) is 11.5 Å². The lowest BCUT2D eigenvalue weighted by molar-refractivity contribution is -0.222. The van der Waals surface area contributed by atoms with E-state index in [9.17, 15) is 19.2 Å². The average molecular weight is 739 g/mol. The van der Waals surface area contributed by atoms with Crippen molar-refractivity contribution in [2.24, 2.45) is 47.3 Å². The Morgan fingerprint density at radius 3 is 1.27 bits per heavy atom. The van der Waals surface area contributed by atoms with Crippen molar-refractivity contribution in [3.05, 3.63) is 21.9 Å². The van der Waals surface area contributed by atoms with E-state index in [0.717, 1.165) is 98.6 Å². The summed E-state index contributed by atoms with van der Waals surface area (Å²) < 4.78 is 23.3. The van der Waals surface area contributed by atoms with Crippen LogP contribution in [0.2, 0.25) is 0 Å². The first-order valence-corrected chi connectivity index (χ1v) is 21.2. The van der Waals surface area contributed by atoms with E-state index in [1.165, 1.54) is 65.2 Å². The molecule has 0 atom stereocenters. The summed E-state index contributed by atoms with van der Waals surface area (Å²) in [5.74, 6) is 1.47. The van der Waals surface area contributed by atoms with Gasteiger partial charge in [0.05, 0.1) is 25.9 Å². The molecule has 8 nitrogen and oxygen atoms in total. The highest BCUT2D eigenvalue weighted by molar-refractivity contribution is 8.25. The van der Waals surface area contributed by atoms with E-state index >= 15 is 0 Å². The molecule has 0 N–H and O–H groups in total. The summed E-state index contributed by atoms with van der Waals surface area (Å²) in [5, 5.41) is 0. The lowest BCUT2D eigenvalue weighted by Gasteiger charge is -2.36. The molecule has 1 aromatic rings. The molecule has 1 aromatic carbocycles. The first-order chi connectivity index (χ1) is 24.4. The van der Waals surface area contributed by atoms with E-state index in [1.807, 2.05) is 0 Å². The molecule has 4 aliphatic carbocycles. The van der Waals surface area contributed by atoms with E-state index < -0.39 is 17.7 Å². The van der Waals surface area contributed by atoms with E-state index in [4.69, 9.17) is 18.9 Å². The highest BCUT2D eigenvalue weighted by Crippen LogP contribution is 2.60. The van der Waals surface area contributed by atoms with Gasteiger partial charge in [-0.2, -0.15) is 0 Å². The SMILES string of the molecule is CC1CCC(C2CCC(C(=O)Oc3ccc(OC(=O)C4CCC(C5CCC(C)CC5)CC4)c4c3SC(=C3C(=O)OC(C)(C)OC3=O)S4)CC2)CC1. The average Bonchev–Trinajstić information content (AvgIpc) is 3.55. The van der Waals surface area contributed by atoms with Crippen LogP contribution < -0.4 is 9.47 Å². The van der Waals surface area contributed by atoms with Gasteiger partial charge in [-0.15, -0.1) is 0 Å². The highest BCUT2D eigenvalue weighted by atomic mass is 32.2. The molecule has 0 amide bonds. The molecule has 0 spiro atoms. The van der Waals surface area contributed by atoms with Gasteiger partial charge >= 0.3 is 23.9 Å². The minimum Gasteiger partial charge on any atom is -0.425 e. The van der Waals surface area contributed by atoms with Crippen molar-refractivity contribution in [1.29, 1.82) is 0 Å². The molecule has 5 fully saturated rings. The van der Waals surface area contributed by atoms with Crippen molar-refractivity contribution in [3.63, 3.8) is 0 Å². The first kappa shape index (κ1) is 36.9. The number of benzene rings is 1. The van der Waals surface area contributed by atoms with Gasteiger partial charge in [0, 0.05) is 13.8 Å². The number of hydrogen-bond donors (Lipinski definition) is 0. The van der Waals surface area contributed by atoms with Crippen LogP contribution in [0.3, 0.4) is 0 Å². The van der Waals surface area contributed by atoms with Gasteiger partial charge in [-0.3, -0.25) is 9.59 Å². The zero-order valence-corrected chi connectivity index (χ0v) is 32.3. The van der Waals surface area contributed by atoms with E-state index in [1.54, 1.807) is 12.1 Å². The smallest absolute Gasteiger partial charge is 0.350 e. The lowest BCUT2D eigenvalue weighted by atomic mass is 9.69. The number of esters is 4. The Morgan fingerprint density at radius 1 is 0.588 bits per heavy atom. The molecular formula is C41H54O8S2. The Kier molecular flexibility index (Phi) is 11.2. The fourth-order valence-corrected chi connectivity index (χ4v) is 12.2. The summed E-state index contributed by atoms with van der Waals surface area (Å²) in [6.45, 7) is 7.72. The van der Waals surface area contributed by atoms with E-state index in [0.29, 0.717) is 37.4 Å². The van der Waals surface area contributed by atoms with Gasteiger partial charge in [-0.1, -0.05) is 63.1 Å². The lowest BCUT2D eigenvalue weighted by Crippen LogP contribution is -2.42. The van der Waals surface area contributed by atoms with Gasteiger partial charge < -0.3 is 18.9 Å². The molecule has 1 saturated heterocycles. The molecule has 0 aromatic heterocycles. The van der Waals surface area contributed by atoms with Crippen LogP contribution in [0.15, 0.2) is 31.7 Å². The largest absolute Gasteiger partial charge is 0.425 e. The fourth-order valence-electron chi connectivity index (χ4n) is 9.56. The number of rotatable bonds is 6. The van der Waals surface area contributed by atoms with E-state index in [2.05, 4.69) is 13.8 Å². The van der Waals surface area contributed by atoms with Crippen molar-refractivity contribution in [1.82, 2.24) is 0 Å². The third-order valence-electron chi connectivity index (χ3n) is 12.8. The van der Waals surface area contributed by atoms with Crippen LogP contribution in [0, 0.1) is 47.3 Å². The Labute approximate surface area is 311 Å². The third-order valence-corrected chi connectivity index (χ3v) is 15.4. The predicted octanol–water partition coefficient (Wildman–Crippen LogP) is 10.0. The standard InChI is InChI=1S/C41H54O8S2/c1-23-5-9-25(10-6-23)27-13-17-29(18-14-27)36(42)46-31-21-22-32(35-34(31)50-40(51-35)33-38(44)48-41(3,4)49-39(33)45)47-37(43)30-19-15-28(16-20-30)26-11-7-24(2)8-12-26/h21-30H,5-20H2,1-4H3. The number of thioether (sulfide) groups is 2. The Balaban J connectivity index is 1.05. The summed E-state index contributed by atoms with van der Waals surface area (Å²) in [4.78, 5) is 54.3. The van der Waals surface area contributed by atoms with Crippen LogP contribution in [-0.4, -0.2) is 29.7 Å². The molecule has 0 bridgehead atoms. The van der Waals surface area contributed by atoms with Crippen LogP contribution in [0.1, 0.15) is 130 Å². The number of carbonyl (C=O) groups excluding carboxylic acids is 4. The van der Waals surface area contributed by atoms with Gasteiger partial charge in [-0.05, 0) is 125 Å². The zero-order chi connectivity index (χ0) is 35.9. The predicted molar refractivity (Wildman–Crippen MR) is 196 cm³/mol. The maximum atomic E-state index is 13.6. The Bertz CT molecular complexity index is 1430. The second-order valence-corrected chi connectivity index (χ2v) is 19.2. The molecule has 7 rings (SSSR count). The number of hydrogen-bond acceptors (Lipinski definition) is 10. The van der Waals surface area contributed by atoms with Crippen molar-refractivity contribution < 1.29 is 38.1 Å². The maximum Gasteiger partial charge on any atom is 0.350 e. The van der Waals surface area contributed by atoms with Gasteiger partial charge in [0.1, 0.15) is 11.5 Å². The van der Waals surface area contributed by atoms with Crippen LogP contribution in [0.25, 0.3) is 0 Å². The Hall–Kier alpha value is -2.46. The highest BCUT2D eigenvalue weighted by Gasteiger charge is 2.44. The summed E-state index contributed by atoms with van der Waals surface area (Å²) in [5.41, 5.74) is -0.207. The van der Waals surface area contributed by atoms with Gasteiger partial charge in [0.25, 0.3) is 5.79 Å². The fraction of sp³-hybridized carbons (Fsp3) is 0.707. The molecule has 10 heteroatoms. The van der Waals surface area contributed by atoms with Crippen molar-refractivity contribution >= 4 is 47.4 Å². The maximum absolute atomic E-state index is 13.6. The van der Waals surface area contributed by atoms with Crippen LogP contribution in [0.4, 0.5) is 0 Å². The van der Waals surface area contributed by atoms with E-state index in [-0.39, 0.29) is 29.3 Å². The van der Waals surface area contributed by atoms with Crippen molar-refractivity contribution in [2.75, 3.05) is 0 Å². The Morgan fingerprint density at radius 2 is 0.922 bits per heavy atom. The molecule has 6 aliphatic rings. The summed E-state index contributed by atoms with van der Waals surface area (Å²) in [7, 11) is 0. The van der Waals surface area contributed by atoms with Crippen LogP contribution in [-0.2, 0) is 28.7 Å². The molecule has 0 unspecified atom stereocenters. The molecular weight excluding hydrogens is 685 g/mol. The molecule has 0 radical (unpaired) electrons. The minimum absolute atomic E-state index is 0.175. The normalized spacial score (nSPS) is 33.9. The quantitative estimate of drug-likeness (QED) is 0.121. The summed E-state index contributed by atoms with van der Waals surface area (Å²) in [6.07, 6.45) is 17.9. The third kappa shape index (κ3) is 8.37. The number of ether oxygens (including phenoxy) is 4. The van der Waals surface area contributed by atoms with Gasteiger partial charge in [-0.25, -0.2) is 9.59 Å². The summed E-state index contributed by atoms with van der Waals surface area (Å²) in [6, 6.07) is 3.36. The van der Waals surface area contributed by atoms with Gasteiger partial charge in [0.15, 0.2) is 5.57 Å². The number of cyclic esters (lactones) is 2. The van der Waals surface area contributed by atoms with Crippen molar-refractivity contribution in [3.8, 4) is 11.5 Å². The number of carbonyl (C=O) groups is 4. The summed E-state index contributed by atoms with van der Waals surface area (Å²) >= 11 is 2.30. The molecule has 2 aliphatic heterocycles. The molecule has 51 heavy (non-hydrogen) atoms. The second-order valence-electron chi connectivity index (χ2n) is 16.9. The van der Waals surface area contributed by atoms with Crippen molar-refractivity contribution in [2.45, 2.75) is 146 Å². The van der Waals surface area contributed by atoms with Crippen LogP contribution >= 0.6 is 23.5 Å². The molecule has 278 valence electrons. The van der Waals surface area contributed by atoms with Gasteiger partial charge in [0.2, 0.25) is 0 Å².